The van der Waals surface area contributed by atoms with Crippen LogP contribution in [0.25, 0.3) is 0 Å². The van der Waals surface area contributed by atoms with Crippen LogP contribution < -0.4 is 5.32 Å². The SMILES string of the molecule is O=C1N[C@@H](c2ccc(Cl)cc2)C(F)(F)CO1. The lowest BCUT2D eigenvalue weighted by Gasteiger charge is -2.31. The zero-order chi connectivity index (χ0) is 11.8. The highest BCUT2D eigenvalue weighted by Crippen LogP contribution is 2.34. The Morgan fingerprint density at radius 2 is 2.00 bits per heavy atom. The van der Waals surface area contributed by atoms with Crippen molar-refractivity contribution in [1.82, 2.24) is 5.32 Å². The minimum absolute atomic E-state index is 0.297. The first kappa shape index (κ1) is 11.1. The first-order valence-corrected chi connectivity index (χ1v) is 4.93. The predicted molar refractivity (Wildman–Crippen MR) is 53.6 cm³/mol. The molecule has 3 nitrogen and oxygen atoms in total. The molecule has 0 aromatic heterocycles. The van der Waals surface area contributed by atoms with Crippen LogP contribution in [0, 0.1) is 0 Å². The molecule has 1 amide bonds. The van der Waals surface area contributed by atoms with Gasteiger partial charge in [-0.1, -0.05) is 23.7 Å². The van der Waals surface area contributed by atoms with E-state index in [1.165, 1.54) is 24.3 Å². The molecule has 1 saturated heterocycles. The van der Waals surface area contributed by atoms with Gasteiger partial charge in [-0.05, 0) is 17.7 Å². The second-order valence-electron chi connectivity index (χ2n) is 3.47. The minimum Gasteiger partial charge on any atom is -0.443 e. The molecule has 0 saturated carbocycles. The van der Waals surface area contributed by atoms with E-state index >= 15 is 0 Å². The number of rotatable bonds is 1. The molecular formula is C10H8ClF2NO2. The lowest BCUT2D eigenvalue weighted by atomic mass is 10.0. The summed E-state index contributed by atoms with van der Waals surface area (Å²) in [5.74, 6) is -3.12. The maximum Gasteiger partial charge on any atom is 0.408 e. The molecule has 0 unspecified atom stereocenters. The Morgan fingerprint density at radius 3 is 2.62 bits per heavy atom. The largest absolute Gasteiger partial charge is 0.443 e. The summed E-state index contributed by atoms with van der Waals surface area (Å²) in [6.07, 6.45) is -0.842. The van der Waals surface area contributed by atoms with Crippen molar-refractivity contribution in [2.45, 2.75) is 12.0 Å². The van der Waals surface area contributed by atoms with Crippen molar-refractivity contribution in [2.24, 2.45) is 0 Å². The van der Waals surface area contributed by atoms with Gasteiger partial charge in [-0.2, -0.15) is 0 Å². The molecule has 0 spiro atoms. The number of amides is 1. The van der Waals surface area contributed by atoms with Gasteiger partial charge in [-0.15, -0.1) is 0 Å². The van der Waals surface area contributed by atoms with Gasteiger partial charge in [0.25, 0.3) is 0 Å². The van der Waals surface area contributed by atoms with Gasteiger partial charge >= 0.3 is 12.0 Å². The molecule has 1 aromatic rings. The van der Waals surface area contributed by atoms with E-state index in [4.69, 9.17) is 11.6 Å². The third-order valence-electron chi connectivity index (χ3n) is 2.28. The molecule has 0 radical (unpaired) electrons. The Labute approximate surface area is 95.3 Å². The molecule has 0 aliphatic carbocycles. The van der Waals surface area contributed by atoms with Crippen LogP contribution in [0.4, 0.5) is 13.6 Å². The molecule has 86 valence electrons. The van der Waals surface area contributed by atoms with Crippen molar-refractivity contribution < 1.29 is 18.3 Å². The molecular weight excluding hydrogens is 240 g/mol. The van der Waals surface area contributed by atoms with Gasteiger partial charge in [0.15, 0.2) is 6.61 Å². The highest BCUT2D eigenvalue weighted by Gasteiger charge is 2.46. The summed E-state index contributed by atoms with van der Waals surface area (Å²) in [6, 6.07) is 4.52. The van der Waals surface area contributed by atoms with Gasteiger partial charge in [0.1, 0.15) is 6.04 Å². The van der Waals surface area contributed by atoms with Crippen molar-refractivity contribution in [3.8, 4) is 0 Å². The fraction of sp³-hybridized carbons (Fsp3) is 0.300. The second-order valence-corrected chi connectivity index (χ2v) is 3.90. The average molecular weight is 248 g/mol. The molecule has 6 heteroatoms. The maximum atomic E-state index is 13.5. The molecule has 1 heterocycles. The summed E-state index contributed by atoms with van der Waals surface area (Å²) in [6.45, 7) is -0.911. The molecule has 0 bridgehead atoms. The van der Waals surface area contributed by atoms with Gasteiger partial charge in [0.05, 0.1) is 0 Å². The van der Waals surface area contributed by atoms with Crippen LogP contribution in [0.1, 0.15) is 11.6 Å². The molecule has 2 rings (SSSR count). The number of halogens is 3. The van der Waals surface area contributed by atoms with E-state index in [9.17, 15) is 13.6 Å². The highest BCUT2D eigenvalue weighted by atomic mass is 35.5. The number of alkyl carbamates (subject to hydrolysis) is 1. The first-order valence-electron chi connectivity index (χ1n) is 4.55. The van der Waals surface area contributed by atoms with Crippen LogP contribution in [-0.4, -0.2) is 18.6 Å². The van der Waals surface area contributed by atoms with E-state index in [2.05, 4.69) is 10.1 Å². The van der Waals surface area contributed by atoms with Crippen LogP contribution in [0.5, 0.6) is 0 Å². The third-order valence-corrected chi connectivity index (χ3v) is 2.54. The maximum absolute atomic E-state index is 13.5. The van der Waals surface area contributed by atoms with Crippen LogP contribution in [0.15, 0.2) is 24.3 Å². The third kappa shape index (κ3) is 2.09. The number of ether oxygens (including phenoxy) is 1. The first-order chi connectivity index (χ1) is 7.49. The van der Waals surface area contributed by atoms with Crippen molar-refractivity contribution in [3.63, 3.8) is 0 Å². The van der Waals surface area contributed by atoms with E-state index < -0.39 is 24.7 Å². The summed E-state index contributed by atoms with van der Waals surface area (Å²) in [5.41, 5.74) is 0.297. The van der Waals surface area contributed by atoms with Gasteiger partial charge < -0.3 is 10.1 Å². The molecule has 1 aliphatic heterocycles. The Hall–Kier alpha value is -1.36. The number of carbonyl (C=O) groups is 1. The Balaban J connectivity index is 2.30. The number of alkyl halides is 2. The van der Waals surface area contributed by atoms with Crippen molar-refractivity contribution in [1.29, 1.82) is 0 Å². The Bertz CT molecular complexity index is 408. The smallest absolute Gasteiger partial charge is 0.408 e. The summed E-state index contributed by atoms with van der Waals surface area (Å²) >= 11 is 5.65. The number of nitrogens with one attached hydrogen (secondary N) is 1. The van der Waals surface area contributed by atoms with Crippen LogP contribution in [-0.2, 0) is 4.74 Å². The van der Waals surface area contributed by atoms with Crippen LogP contribution >= 0.6 is 11.6 Å². The molecule has 1 N–H and O–H groups in total. The monoisotopic (exact) mass is 247 g/mol. The van der Waals surface area contributed by atoms with Gasteiger partial charge in [-0.3, -0.25) is 0 Å². The molecule has 1 atom stereocenters. The van der Waals surface area contributed by atoms with E-state index in [0.717, 1.165) is 0 Å². The second kappa shape index (κ2) is 3.90. The fourth-order valence-electron chi connectivity index (χ4n) is 1.49. The predicted octanol–water partition coefficient (Wildman–Crippen LogP) is 2.76. The summed E-state index contributed by atoms with van der Waals surface area (Å²) in [4.78, 5) is 10.9. The number of cyclic esters (lactones) is 1. The molecule has 1 aromatic carbocycles. The van der Waals surface area contributed by atoms with Gasteiger partial charge in [-0.25, -0.2) is 13.6 Å². The summed E-state index contributed by atoms with van der Waals surface area (Å²) in [5, 5.41) is 2.54. The van der Waals surface area contributed by atoms with E-state index in [1.54, 1.807) is 0 Å². The van der Waals surface area contributed by atoms with E-state index in [0.29, 0.717) is 10.6 Å². The molecule has 16 heavy (non-hydrogen) atoms. The van der Waals surface area contributed by atoms with Gasteiger partial charge in [0.2, 0.25) is 0 Å². The van der Waals surface area contributed by atoms with Crippen LogP contribution in [0.3, 0.4) is 0 Å². The zero-order valence-corrected chi connectivity index (χ0v) is 8.80. The number of carbonyl (C=O) groups excluding carboxylic acids is 1. The number of benzene rings is 1. The quantitative estimate of drug-likeness (QED) is 0.829. The Kier molecular flexibility index (Phi) is 2.71. The average Bonchev–Trinajstić information content (AvgIpc) is 2.23. The highest BCUT2D eigenvalue weighted by molar-refractivity contribution is 6.30. The van der Waals surface area contributed by atoms with Crippen molar-refractivity contribution in [2.75, 3.05) is 6.61 Å². The summed E-state index contributed by atoms with van der Waals surface area (Å²) < 4.78 is 31.2. The van der Waals surface area contributed by atoms with E-state index in [1.807, 2.05) is 0 Å². The van der Waals surface area contributed by atoms with Crippen molar-refractivity contribution >= 4 is 17.7 Å². The zero-order valence-electron chi connectivity index (χ0n) is 8.04. The standard InChI is InChI=1S/C10H8ClF2NO2/c11-7-3-1-6(2-4-7)8-10(12,13)5-16-9(15)14-8/h1-4,8H,5H2,(H,14,15)/t8-/m0/s1. The fourth-order valence-corrected chi connectivity index (χ4v) is 1.62. The van der Waals surface area contributed by atoms with Gasteiger partial charge in [0, 0.05) is 5.02 Å². The Morgan fingerprint density at radius 1 is 1.38 bits per heavy atom. The van der Waals surface area contributed by atoms with Crippen LogP contribution in [0.2, 0.25) is 5.02 Å². The number of hydrogen-bond donors (Lipinski definition) is 1. The number of hydrogen-bond acceptors (Lipinski definition) is 2. The lowest BCUT2D eigenvalue weighted by molar-refractivity contribution is -0.104. The van der Waals surface area contributed by atoms with Crippen molar-refractivity contribution in [3.05, 3.63) is 34.9 Å². The minimum atomic E-state index is -3.12. The molecule has 1 fully saturated rings. The lowest BCUT2D eigenvalue weighted by Crippen LogP contribution is -2.49. The van der Waals surface area contributed by atoms with E-state index in [-0.39, 0.29) is 0 Å². The topological polar surface area (TPSA) is 38.3 Å². The summed E-state index contributed by atoms with van der Waals surface area (Å²) in [7, 11) is 0. The molecule has 1 aliphatic rings. The normalized spacial score (nSPS) is 23.4.